The molecule has 2 bridgehead atoms. The molecule has 5 atom stereocenters. The molecule has 4 aromatic rings. The maximum atomic E-state index is 14.6. The van der Waals surface area contributed by atoms with Crippen molar-refractivity contribution in [1.82, 2.24) is 14.8 Å². The van der Waals surface area contributed by atoms with Gasteiger partial charge in [0, 0.05) is 30.6 Å². The van der Waals surface area contributed by atoms with E-state index in [1.807, 2.05) is 48.7 Å². The molecule has 41 heavy (non-hydrogen) atoms. The van der Waals surface area contributed by atoms with E-state index in [9.17, 15) is 18.0 Å². The normalized spacial score (nSPS) is 29.7. The number of hydrogen-bond donors (Lipinski definition) is 1. The first-order valence-electron chi connectivity index (χ1n) is 12.9. The molecule has 3 saturated heterocycles. The number of nitrogens with one attached hydrogen (secondary N) is 1. The van der Waals surface area contributed by atoms with Gasteiger partial charge < -0.3 is 9.88 Å². The third kappa shape index (κ3) is 2.88. The van der Waals surface area contributed by atoms with Gasteiger partial charge in [-0.25, -0.2) is 12.7 Å². The lowest BCUT2D eigenvalue weighted by atomic mass is 9.72. The summed E-state index contributed by atoms with van der Waals surface area (Å²) in [7, 11) is -0.797. The molecule has 8 nitrogen and oxygen atoms in total. The molecule has 0 saturated carbocycles. The number of aromatic amines is 1. The van der Waals surface area contributed by atoms with Crippen molar-refractivity contribution in [2.45, 2.75) is 33.1 Å². The van der Waals surface area contributed by atoms with Crippen LogP contribution in [0.25, 0.3) is 10.9 Å². The fraction of sp³-hybridized carbons (Fsp3) is 0.214. The lowest BCUT2D eigenvalue weighted by Gasteiger charge is -2.40. The van der Waals surface area contributed by atoms with Crippen LogP contribution in [0.3, 0.4) is 0 Å². The topological polar surface area (TPSA) is 93.8 Å². The van der Waals surface area contributed by atoms with Crippen molar-refractivity contribution in [1.29, 1.82) is 0 Å². The van der Waals surface area contributed by atoms with Crippen LogP contribution in [0.4, 0.5) is 5.69 Å². The van der Waals surface area contributed by atoms with Gasteiger partial charge in [-0.1, -0.05) is 64.1 Å². The molecule has 1 spiro atoms. The van der Waals surface area contributed by atoms with Crippen molar-refractivity contribution >= 4 is 76.8 Å². The lowest BCUT2D eigenvalue weighted by molar-refractivity contribution is -0.154. The summed E-state index contributed by atoms with van der Waals surface area (Å²) in [6, 6.07) is 23.6. The molecule has 4 aliphatic rings. The van der Waals surface area contributed by atoms with Crippen LogP contribution in [0.1, 0.15) is 17.5 Å². The highest BCUT2D eigenvalue weighted by molar-refractivity contribution is 8.59. The molecule has 3 fully saturated rings. The monoisotopic (exact) mass is 638 g/mol. The minimum Gasteiger partial charge on any atom is -0.361 e. The van der Waals surface area contributed by atoms with Crippen LogP contribution in [0.5, 0.6) is 0 Å². The van der Waals surface area contributed by atoms with Crippen LogP contribution < -0.4 is 4.31 Å². The molecule has 2 amide bonds. The number of aromatic nitrogens is 1. The second-order valence-electron chi connectivity index (χ2n) is 10.6. The summed E-state index contributed by atoms with van der Waals surface area (Å²) in [4.78, 5) is 34.1. The predicted molar refractivity (Wildman–Crippen MR) is 166 cm³/mol. The van der Waals surface area contributed by atoms with Gasteiger partial charge in [0.05, 0.1) is 16.0 Å². The van der Waals surface area contributed by atoms with Crippen molar-refractivity contribution in [2.24, 2.45) is 0 Å². The summed E-state index contributed by atoms with van der Waals surface area (Å²) < 4.78 is 30.7. The third-order valence-electron chi connectivity index (χ3n) is 8.90. The van der Waals surface area contributed by atoms with Gasteiger partial charge in [0.25, 0.3) is 21.8 Å². The van der Waals surface area contributed by atoms with E-state index in [1.54, 1.807) is 53.2 Å². The van der Waals surface area contributed by atoms with Gasteiger partial charge in [-0.3, -0.25) is 14.5 Å². The minimum absolute atomic E-state index is 0.125. The van der Waals surface area contributed by atoms with Crippen molar-refractivity contribution in [3.8, 4) is 0 Å². The molecule has 3 aromatic carbocycles. The quantitative estimate of drug-likeness (QED) is 0.373. The molecule has 1 N–H and O–H groups in total. The summed E-state index contributed by atoms with van der Waals surface area (Å²) in [6.45, 7) is 0. The Morgan fingerprint density at radius 2 is 1.68 bits per heavy atom. The van der Waals surface area contributed by atoms with Crippen molar-refractivity contribution in [2.75, 3.05) is 11.4 Å². The molecule has 0 radical (unpaired) electrons. The van der Waals surface area contributed by atoms with E-state index in [-0.39, 0.29) is 23.1 Å². The first-order valence-corrected chi connectivity index (χ1v) is 19.2. The number of sulfonamides is 1. The van der Waals surface area contributed by atoms with E-state index in [2.05, 4.69) is 4.98 Å². The summed E-state index contributed by atoms with van der Waals surface area (Å²) in [5.41, 5.74) is 2.05. The van der Waals surface area contributed by atoms with E-state index in [0.29, 0.717) is 5.69 Å². The van der Waals surface area contributed by atoms with E-state index < -0.39 is 41.3 Å². The van der Waals surface area contributed by atoms with E-state index in [4.69, 9.17) is 11.2 Å². The Kier molecular flexibility index (Phi) is 5.29. The summed E-state index contributed by atoms with van der Waals surface area (Å²) >= 11 is 5.29. The van der Waals surface area contributed by atoms with E-state index in [0.717, 1.165) is 30.9 Å². The van der Waals surface area contributed by atoms with Crippen LogP contribution in [0, 0.1) is 0 Å². The Morgan fingerprint density at radius 1 is 0.976 bits per heavy atom. The number of para-hydroxylation sites is 2. The average molecular weight is 639 g/mol. The number of likely N-dealkylation sites (N-methyl/N-ethyl adjacent to an activating group) is 1. The highest BCUT2D eigenvalue weighted by Crippen LogP contribution is 2.66. The summed E-state index contributed by atoms with van der Waals surface area (Å²) in [6.07, 6.45) is 1.19. The number of hydrogen-bond acceptors (Lipinski definition) is 5. The van der Waals surface area contributed by atoms with Gasteiger partial charge in [0.1, 0.15) is 6.17 Å². The largest absolute Gasteiger partial charge is 0.361 e. The Bertz CT molecular complexity index is 2050. The van der Waals surface area contributed by atoms with Crippen molar-refractivity contribution < 1.29 is 18.0 Å². The minimum atomic E-state index is -4.16. The van der Waals surface area contributed by atoms with Gasteiger partial charge in [-0.15, -0.1) is 0 Å². The number of rotatable bonds is 3. The number of carbonyl (C=O) groups is 2. The highest BCUT2D eigenvalue weighted by atomic mass is 33.2. The van der Waals surface area contributed by atoms with Crippen LogP contribution in [-0.4, -0.2) is 58.5 Å². The molecule has 208 valence electrons. The fourth-order valence-corrected chi connectivity index (χ4v) is 17.3. The second-order valence-corrected chi connectivity index (χ2v) is 18.7. The van der Waals surface area contributed by atoms with Crippen molar-refractivity contribution in [3.05, 3.63) is 96.2 Å². The van der Waals surface area contributed by atoms with Gasteiger partial charge in [-0.2, -0.15) is 0 Å². The van der Waals surface area contributed by atoms with Crippen LogP contribution >= 0.6 is 0 Å². The van der Waals surface area contributed by atoms with Gasteiger partial charge >= 0.3 is 0 Å². The molecule has 13 heteroatoms. The predicted octanol–water partition coefficient (Wildman–Crippen LogP) is 2.80. The van der Waals surface area contributed by atoms with Gasteiger partial charge in [0.2, 0.25) is 0 Å². The maximum Gasteiger partial charge on any atom is 0.266 e. The number of benzene rings is 3. The van der Waals surface area contributed by atoms with Crippen LogP contribution in [0.15, 0.2) is 90.0 Å². The molecular formula is C28H22N4O4S5. The van der Waals surface area contributed by atoms with E-state index >= 15 is 0 Å². The summed E-state index contributed by atoms with van der Waals surface area (Å²) in [5.74, 6) is -0.398. The Morgan fingerprint density at radius 3 is 2.46 bits per heavy atom. The number of anilines is 1. The zero-order chi connectivity index (χ0) is 28.3. The maximum absolute atomic E-state index is 14.6. The smallest absolute Gasteiger partial charge is 0.266 e. The number of H-pyrrole nitrogens is 1. The van der Waals surface area contributed by atoms with Crippen LogP contribution in [-0.2, 0) is 63.4 Å². The SMILES string of the molecule is CN1C(=O)[C@@]23C[C@]4(c5c[nH]c6ccccc56)c5ccccc5N(S(=O)(=O)c5ccccc5)[C@@H]4N2C(=O)C1[S@@]3=S=S=S. The molecule has 4 aliphatic heterocycles. The molecule has 5 heterocycles. The Labute approximate surface area is 249 Å². The molecule has 8 rings (SSSR count). The number of amides is 2. The van der Waals surface area contributed by atoms with Crippen molar-refractivity contribution in [3.63, 3.8) is 0 Å². The van der Waals surface area contributed by atoms with Gasteiger partial charge in [0.15, 0.2) is 10.2 Å². The molecular weight excluding hydrogens is 617 g/mol. The first kappa shape index (κ1) is 25.6. The van der Waals surface area contributed by atoms with E-state index in [1.165, 1.54) is 13.2 Å². The average Bonchev–Trinajstić information content (AvgIpc) is 3.72. The fourth-order valence-electron chi connectivity index (χ4n) is 7.41. The standard InChI is InChI=1S/C28H22N4O4S5/c1-30-24-23(33)31-25-27(16-28(31,26(30)34)40(24)39-38-37,20-15-29-21-13-7-5-11-18(20)21)19-12-6-8-14-22(19)32(25)41(35,36)17-9-3-2-4-10-17/h2-15,24-25,29H,16H2,1H3/t24?,25-,27+,28-,40-/m0/s1. The Hall–Kier alpha value is -3.10. The molecule has 0 aliphatic carbocycles. The first-order chi connectivity index (χ1) is 19.8. The van der Waals surface area contributed by atoms with Gasteiger partial charge in [-0.05, 0) is 64.3 Å². The third-order valence-corrected chi connectivity index (χ3v) is 18.3. The number of nitrogens with zero attached hydrogens (tertiary/aromatic N) is 3. The number of fused-ring (bicyclic) bond motifs is 6. The molecule has 1 unspecified atom stereocenters. The zero-order valence-electron chi connectivity index (χ0n) is 21.5. The lowest BCUT2D eigenvalue weighted by Crippen LogP contribution is -2.63. The van der Waals surface area contributed by atoms with Crippen LogP contribution in [0.2, 0.25) is 0 Å². The summed E-state index contributed by atoms with van der Waals surface area (Å²) in [5, 5.41) is 0.241. The number of carbonyl (C=O) groups excluding carboxylic acids is 2. The second kappa shape index (κ2) is 8.48. The zero-order valence-corrected chi connectivity index (χ0v) is 25.5. The Balaban J connectivity index is 1.52. The number of piperazine rings is 1. The molecule has 1 aromatic heterocycles. The highest BCUT2D eigenvalue weighted by Gasteiger charge is 2.81.